The number of rotatable bonds is 7. The van der Waals surface area contributed by atoms with Crippen LogP contribution in [0.2, 0.25) is 32.2 Å². The van der Waals surface area contributed by atoms with Crippen LogP contribution in [0.4, 0.5) is 0 Å². The highest BCUT2D eigenvalue weighted by Gasteiger charge is 2.22. The average Bonchev–Trinajstić information content (AvgIpc) is 2.25. The molecule has 0 amide bonds. The Hall–Kier alpha value is -0.586. The van der Waals surface area contributed by atoms with Crippen molar-refractivity contribution in [1.82, 2.24) is 0 Å². The van der Waals surface area contributed by atoms with E-state index >= 15 is 0 Å². The summed E-state index contributed by atoms with van der Waals surface area (Å²) in [5.74, 6) is 0.972. The molecule has 0 saturated carbocycles. The molecule has 0 aromatic heterocycles. The molecule has 0 N–H and O–H groups in total. The second-order valence-corrected chi connectivity index (χ2v) is 12.8. The zero-order valence-electron chi connectivity index (χ0n) is 12.3. The first-order valence-corrected chi connectivity index (χ1v) is 12.7. The van der Waals surface area contributed by atoms with Crippen molar-refractivity contribution in [3.8, 4) is 5.75 Å². The van der Waals surface area contributed by atoms with Gasteiger partial charge in [-0.15, -0.1) is 0 Å². The van der Waals surface area contributed by atoms with Gasteiger partial charge in [-0.3, -0.25) is 0 Å². The first-order valence-electron chi connectivity index (χ1n) is 6.76. The fourth-order valence-electron chi connectivity index (χ4n) is 2.02. The van der Waals surface area contributed by atoms with Crippen molar-refractivity contribution < 1.29 is 8.85 Å². The summed E-state index contributed by atoms with van der Waals surface area (Å²) in [6, 6.07) is 9.43. The summed E-state index contributed by atoms with van der Waals surface area (Å²) in [5, 5.41) is 0. The van der Waals surface area contributed by atoms with E-state index < -0.39 is 17.4 Å². The molecule has 0 spiro atoms. The SMILES string of the molecule is Cc1ccc(OCCC[Si](C)(C)O[SiH](C)C)cc1. The molecule has 0 aliphatic heterocycles. The van der Waals surface area contributed by atoms with Crippen LogP contribution < -0.4 is 4.74 Å². The molecule has 0 aliphatic carbocycles. The average molecular weight is 283 g/mol. The molecule has 1 aromatic rings. The highest BCUT2D eigenvalue weighted by atomic mass is 28.4. The third-order valence-electron chi connectivity index (χ3n) is 2.77. The van der Waals surface area contributed by atoms with Crippen molar-refractivity contribution in [2.45, 2.75) is 45.6 Å². The molecule has 1 rings (SSSR count). The normalized spacial score (nSPS) is 11.9. The maximum absolute atomic E-state index is 6.13. The molecule has 2 nitrogen and oxygen atoms in total. The predicted octanol–water partition coefficient (Wildman–Crippen LogP) is 3.97. The van der Waals surface area contributed by atoms with Gasteiger partial charge >= 0.3 is 0 Å². The first-order chi connectivity index (χ1) is 8.39. The molecule has 0 atom stereocenters. The maximum Gasteiger partial charge on any atom is 0.173 e. The lowest BCUT2D eigenvalue weighted by atomic mass is 10.2. The van der Waals surface area contributed by atoms with Gasteiger partial charge in [0.1, 0.15) is 5.75 Å². The maximum atomic E-state index is 6.13. The second-order valence-electron chi connectivity index (χ2n) is 5.69. The van der Waals surface area contributed by atoms with Crippen LogP contribution in [0.15, 0.2) is 24.3 Å². The topological polar surface area (TPSA) is 18.5 Å². The molecule has 1 aromatic carbocycles. The molecule has 4 heteroatoms. The minimum Gasteiger partial charge on any atom is -0.494 e. The molecule has 0 radical (unpaired) electrons. The molecule has 0 bridgehead atoms. The zero-order valence-corrected chi connectivity index (χ0v) is 14.5. The largest absolute Gasteiger partial charge is 0.494 e. The molecule has 102 valence electrons. The lowest BCUT2D eigenvalue weighted by Gasteiger charge is -2.25. The van der Waals surface area contributed by atoms with Crippen molar-refractivity contribution in [2.75, 3.05) is 6.61 Å². The van der Waals surface area contributed by atoms with E-state index in [1.807, 2.05) is 12.1 Å². The van der Waals surface area contributed by atoms with E-state index in [0.29, 0.717) is 0 Å². The number of aryl methyl sites for hydroxylation is 1. The molecule has 0 saturated heterocycles. The molecular weight excluding hydrogens is 256 g/mol. The number of hydrogen-bond donors (Lipinski definition) is 0. The van der Waals surface area contributed by atoms with E-state index in [0.717, 1.165) is 18.8 Å². The van der Waals surface area contributed by atoms with Gasteiger partial charge in [0.15, 0.2) is 17.4 Å². The smallest absolute Gasteiger partial charge is 0.173 e. The Morgan fingerprint density at radius 1 is 1.11 bits per heavy atom. The lowest BCUT2D eigenvalue weighted by molar-refractivity contribution is 0.315. The predicted molar refractivity (Wildman–Crippen MR) is 83.5 cm³/mol. The fraction of sp³-hybridized carbons (Fsp3) is 0.571. The van der Waals surface area contributed by atoms with Crippen LogP contribution >= 0.6 is 0 Å². The van der Waals surface area contributed by atoms with E-state index in [9.17, 15) is 0 Å². The number of ether oxygens (including phenoxy) is 1. The highest BCUT2D eigenvalue weighted by molar-refractivity contribution is 6.77. The minimum absolute atomic E-state index is 0.794. The van der Waals surface area contributed by atoms with Crippen LogP contribution in [0.25, 0.3) is 0 Å². The van der Waals surface area contributed by atoms with Gasteiger partial charge in [-0.05, 0) is 57.7 Å². The Morgan fingerprint density at radius 2 is 1.72 bits per heavy atom. The monoisotopic (exact) mass is 282 g/mol. The van der Waals surface area contributed by atoms with Gasteiger partial charge < -0.3 is 8.85 Å². The Bertz CT molecular complexity index is 347. The van der Waals surface area contributed by atoms with Gasteiger partial charge in [-0.25, -0.2) is 0 Å². The zero-order chi connectivity index (χ0) is 13.6. The molecular formula is C14H26O2Si2. The summed E-state index contributed by atoms with van der Waals surface area (Å²) in [5.41, 5.74) is 1.27. The summed E-state index contributed by atoms with van der Waals surface area (Å²) in [6.45, 7) is 12.0. The van der Waals surface area contributed by atoms with Crippen LogP contribution in [0.1, 0.15) is 12.0 Å². The third kappa shape index (κ3) is 6.37. The van der Waals surface area contributed by atoms with Crippen LogP contribution in [0, 0.1) is 6.92 Å². The Labute approximate surface area is 114 Å². The van der Waals surface area contributed by atoms with E-state index in [4.69, 9.17) is 8.85 Å². The number of hydrogen-bond acceptors (Lipinski definition) is 2. The van der Waals surface area contributed by atoms with Crippen LogP contribution in [0.3, 0.4) is 0 Å². The van der Waals surface area contributed by atoms with Crippen molar-refractivity contribution in [1.29, 1.82) is 0 Å². The van der Waals surface area contributed by atoms with Crippen molar-refractivity contribution >= 4 is 17.4 Å². The van der Waals surface area contributed by atoms with Crippen molar-refractivity contribution in [3.05, 3.63) is 29.8 Å². The van der Waals surface area contributed by atoms with Crippen LogP contribution in [0.5, 0.6) is 5.75 Å². The summed E-state index contributed by atoms with van der Waals surface area (Å²) in [7, 11) is -2.32. The van der Waals surface area contributed by atoms with E-state index in [1.165, 1.54) is 11.6 Å². The van der Waals surface area contributed by atoms with Gasteiger partial charge in [-0.1, -0.05) is 17.7 Å². The summed E-state index contributed by atoms with van der Waals surface area (Å²) in [4.78, 5) is 0. The van der Waals surface area contributed by atoms with Gasteiger partial charge in [0.25, 0.3) is 0 Å². The minimum atomic E-state index is -1.43. The Balaban J connectivity index is 2.24. The summed E-state index contributed by atoms with van der Waals surface area (Å²) in [6.07, 6.45) is 1.09. The fourth-order valence-corrected chi connectivity index (χ4v) is 8.59. The van der Waals surface area contributed by atoms with E-state index in [-0.39, 0.29) is 0 Å². The Kier molecular flexibility index (Phi) is 6.11. The van der Waals surface area contributed by atoms with Crippen LogP contribution in [-0.2, 0) is 4.12 Å². The molecule has 18 heavy (non-hydrogen) atoms. The first kappa shape index (κ1) is 15.5. The van der Waals surface area contributed by atoms with Crippen LogP contribution in [-0.4, -0.2) is 24.0 Å². The lowest BCUT2D eigenvalue weighted by Crippen LogP contribution is -2.35. The standard InChI is InChI=1S/C14H26O2Si2/c1-13-7-9-14(10-8-13)15-11-6-12-18(4,5)16-17(2)3/h7-10,17H,6,11-12H2,1-5H3. The van der Waals surface area contributed by atoms with Gasteiger partial charge in [0, 0.05) is 0 Å². The van der Waals surface area contributed by atoms with Gasteiger partial charge in [-0.2, -0.15) is 0 Å². The number of benzene rings is 1. The van der Waals surface area contributed by atoms with Gasteiger partial charge in [0.05, 0.1) is 6.61 Å². The van der Waals surface area contributed by atoms with Gasteiger partial charge in [0.2, 0.25) is 0 Å². The third-order valence-corrected chi connectivity index (χ3v) is 8.76. The van der Waals surface area contributed by atoms with E-state index in [1.54, 1.807) is 0 Å². The highest BCUT2D eigenvalue weighted by Crippen LogP contribution is 2.16. The van der Waals surface area contributed by atoms with E-state index in [2.05, 4.69) is 45.2 Å². The Morgan fingerprint density at radius 3 is 2.28 bits per heavy atom. The molecule has 0 unspecified atom stereocenters. The quantitative estimate of drug-likeness (QED) is 0.556. The van der Waals surface area contributed by atoms with Crippen molar-refractivity contribution in [3.63, 3.8) is 0 Å². The summed E-state index contributed by atoms with van der Waals surface area (Å²) >= 11 is 0. The second kappa shape index (κ2) is 7.11. The summed E-state index contributed by atoms with van der Waals surface area (Å²) < 4.78 is 11.9. The molecule has 0 fully saturated rings. The molecule has 0 heterocycles. The van der Waals surface area contributed by atoms with Crippen molar-refractivity contribution in [2.24, 2.45) is 0 Å². The molecule has 0 aliphatic rings.